The van der Waals surface area contributed by atoms with Crippen LogP contribution < -0.4 is 9.47 Å². The molecule has 0 bridgehead atoms. The molecule has 56 heavy (non-hydrogen) atoms. The molecule has 2 aliphatic carbocycles. The van der Waals surface area contributed by atoms with Crippen LogP contribution in [0.5, 0.6) is 11.5 Å². The second-order valence-electron chi connectivity index (χ2n) is 15.7. The number of carboxylic acids is 2. The third-order valence-electron chi connectivity index (χ3n) is 10.8. The van der Waals surface area contributed by atoms with Gasteiger partial charge in [-0.05, 0) is 71.2 Å². The van der Waals surface area contributed by atoms with E-state index >= 15 is 0 Å². The Morgan fingerprint density at radius 2 is 1.04 bits per heavy atom. The minimum Gasteiger partial charge on any atom is -0.493 e. The molecule has 0 saturated carbocycles. The van der Waals surface area contributed by atoms with E-state index in [4.69, 9.17) is 19.7 Å². The minimum absolute atomic E-state index is 0.122. The molecule has 6 rings (SSSR count). The van der Waals surface area contributed by atoms with Gasteiger partial charge >= 0.3 is 24.3 Å². The van der Waals surface area contributed by atoms with E-state index < -0.39 is 60.7 Å². The number of carbonyl (C=O) groups is 2. The minimum atomic E-state index is -4.28. The first kappa shape index (κ1) is 43.0. The van der Waals surface area contributed by atoms with Crippen molar-refractivity contribution in [1.29, 1.82) is 0 Å². The third kappa shape index (κ3) is 10.2. The number of likely N-dealkylation sites (tertiary alicyclic amines) is 2. The highest BCUT2D eigenvalue weighted by Crippen LogP contribution is 2.37. The van der Waals surface area contributed by atoms with Crippen molar-refractivity contribution in [3.8, 4) is 11.5 Å². The van der Waals surface area contributed by atoms with E-state index in [-0.39, 0.29) is 38.0 Å². The van der Waals surface area contributed by atoms with Crippen LogP contribution in [0.2, 0.25) is 0 Å². The Morgan fingerprint density at radius 3 is 1.34 bits per heavy atom. The van der Waals surface area contributed by atoms with Crippen molar-refractivity contribution in [3.05, 3.63) is 69.8 Å². The lowest BCUT2D eigenvalue weighted by Gasteiger charge is -2.42. The van der Waals surface area contributed by atoms with Crippen molar-refractivity contribution in [2.45, 2.75) is 64.2 Å². The Bertz CT molecular complexity index is 1700. The van der Waals surface area contributed by atoms with Crippen LogP contribution >= 0.6 is 0 Å². The van der Waals surface area contributed by atoms with Crippen LogP contribution in [0, 0.1) is 23.7 Å². The van der Waals surface area contributed by atoms with Gasteiger partial charge in [0.05, 0.1) is 25.0 Å². The van der Waals surface area contributed by atoms with Gasteiger partial charge in [-0.1, -0.05) is 63.1 Å². The summed E-state index contributed by atoms with van der Waals surface area (Å²) in [5.74, 6) is -4.79. The van der Waals surface area contributed by atoms with Crippen LogP contribution in [0.1, 0.15) is 49.9 Å². The van der Waals surface area contributed by atoms with Crippen LogP contribution in [-0.4, -0.2) is 108 Å². The number of alkyl halides is 8. The molecule has 8 nitrogen and oxygen atoms in total. The summed E-state index contributed by atoms with van der Waals surface area (Å²) in [6.07, 6.45) is -3.19. The van der Waals surface area contributed by atoms with E-state index in [1.165, 1.54) is 0 Å². The molecule has 0 radical (unpaired) electrons. The average Bonchev–Trinajstić information content (AvgIpc) is 3.07. The highest BCUT2D eigenvalue weighted by molar-refractivity contribution is 5.80. The zero-order valence-corrected chi connectivity index (χ0v) is 31.4. The van der Waals surface area contributed by atoms with Crippen LogP contribution in [0.15, 0.2) is 47.5 Å². The van der Waals surface area contributed by atoms with Gasteiger partial charge in [-0.2, -0.15) is 26.3 Å². The SMILES string of the molecule is C[C@@H]1Cc2cc(OC[C@@H](C)C(F)(F)F)ccc2C=C1CN1CC(F)(C(=O)O)C1.C[C@@H]1Cc2cc(OC[C@H](C)C(F)(F)F)ccc2C=C1CN1CC(F)(C(=O)O)C1. The molecular formula is C40H46F8N2O6. The molecule has 0 aromatic heterocycles. The quantitative estimate of drug-likeness (QED) is 0.209. The molecule has 2 heterocycles. The molecule has 308 valence electrons. The summed E-state index contributed by atoms with van der Waals surface area (Å²) in [6.45, 7) is 5.87. The molecule has 2 saturated heterocycles. The lowest BCUT2D eigenvalue weighted by atomic mass is 9.83. The Balaban J connectivity index is 0.000000214. The van der Waals surface area contributed by atoms with Crippen molar-refractivity contribution in [1.82, 2.24) is 9.80 Å². The molecule has 2 aliphatic heterocycles. The van der Waals surface area contributed by atoms with E-state index in [1.54, 1.807) is 34.1 Å². The Morgan fingerprint density at radius 1 is 0.696 bits per heavy atom. The van der Waals surface area contributed by atoms with Crippen LogP contribution in [0.25, 0.3) is 12.2 Å². The number of hydrogen-bond donors (Lipinski definition) is 2. The third-order valence-corrected chi connectivity index (χ3v) is 10.8. The second-order valence-corrected chi connectivity index (χ2v) is 15.7. The van der Waals surface area contributed by atoms with E-state index in [2.05, 4.69) is 0 Å². The van der Waals surface area contributed by atoms with E-state index in [0.717, 1.165) is 47.2 Å². The lowest BCUT2D eigenvalue weighted by molar-refractivity contribution is -0.177. The van der Waals surface area contributed by atoms with E-state index in [9.17, 15) is 44.7 Å². The number of ether oxygens (including phenoxy) is 2. The highest BCUT2D eigenvalue weighted by atomic mass is 19.4. The number of fused-ring (bicyclic) bond motifs is 2. The average molecular weight is 803 g/mol. The lowest BCUT2D eigenvalue weighted by Crippen LogP contribution is -2.63. The molecule has 2 aromatic rings. The molecule has 0 amide bonds. The first-order valence-electron chi connectivity index (χ1n) is 18.3. The summed E-state index contributed by atoms with van der Waals surface area (Å²) in [6, 6.07) is 10.4. The van der Waals surface area contributed by atoms with Gasteiger partial charge in [0.15, 0.2) is 0 Å². The molecule has 0 spiro atoms. The molecule has 4 atom stereocenters. The first-order chi connectivity index (χ1) is 26.0. The van der Waals surface area contributed by atoms with Gasteiger partial charge in [-0.3, -0.25) is 9.80 Å². The van der Waals surface area contributed by atoms with Gasteiger partial charge in [0.25, 0.3) is 0 Å². The molecule has 16 heteroatoms. The standard InChI is InChI=1S/2C20H23F4NO3/c2*1-12-5-15-7-17(28-9-13(2)20(22,23)24)4-3-14(15)6-16(12)8-25-10-19(21,11-25)18(26)27/h2*3-4,6-7,12-13H,5,8-11H2,1-2H3,(H,26,27)/t12-,13+;12-,13-/m11/s1. The summed E-state index contributed by atoms with van der Waals surface area (Å²) in [7, 11) is 0. The van der Waals surface area contributed by atoms with Crippen molar-refractivity contribution in [2.24, 2.45) is 23.7 Å². The number of aliphatic carboxylic acids is 2. The first-order valence-corrected chi connectivity index (χ1v) is 18.3. The summed E-state index contributed by atoms with van der Waals surface area (Å²) >= 11 is 0. The fraction of sp³-hybridized carbons (Fsp3) is 0.550. The maximum absolute atomic E-state index is 13.9. The smallest absolute Gasteiger partial charge is 0.394 e. The van der Waals surface area contributed by atoms with Gasteiger partial charge in [-0.25, -0.2) is 18.4 Å². The van der Waals surface area contributed by atoms with Crippen LogP contribution in [-0.2, 0) is 22.4 Å². The maximum Gasteiger partial charge on any atom is 0.394 e. The van der Waals surface area contributed by atoms with Gasteiger partial charge < -0.3 is 19.7 Å². The zero-order chi connectivity index (χ0) is 41.4. The second kappa shape index (κ2) is 16.4. The summed E-state index contributed by atoms with van der Waals surface area (Å²) in [5, 5.41) is 17.7. The number of hydrogen-bond acceptors (Lipinski definition) is 6. The normalized spacial score (nSPS) is 22.6. The topological polar surface area (TPSA) is 99.5 Å². The number of halogens is 8. The predicted molar refractivity (Wildman–Crippen MR) is 192 cm³/mol. The summed E-state index contributed by atoms with van der Waals surface area (Å²) in [4.78, 5) is 25.2. The van der Waals surface area contributed by atoms with Crippen molar-refractivity contribution >= 4 is 24.1 Å². The highest BCUT2D eigenvalue weighted by Gasteiger charge is 2.51. The largest absolute Gasteiger partial charge is 0.493 e. The Hall–Kier alpha value is -4.18. The van der Waals surface area contributed by atoms with Gasteiger partial charge in [0, 0.05) is 39.3 Å². The molecular weight excluding hydrogens is 756 g/mol. The molecule has 0 unspecified atom stereocenters. The number of benzene rings is 2. The number of rotatable bonds is 12. The maximum atomic E-state index is 13.9. The number of carboxylic acid groups (broad SMARTS) is 2. The number of nitrogens with zero attached hydrogens (tertiary/aromatic N) is 2. The van der Waals surface area contributed by atoms with Gasteiger partial charge in [0.2, 0.25) is 11.3 Å². The zero-order valence-electron chi connectivity index (χ0n) is 31.4. The van der Waals surface area contributed by atoms with Crippen LogP contribution in [0.3, 0.4) is 0 Å². The summed E-state index contributed by atoms with van der Waals surface area (Å²) in [5.41, 5.74) is 1.74. The predicted octanol–water partition coefficient (Wildman–Crippen LogP) is 7.90. The molecule has 2 N–H and O–H groups in total. The summed E-state index contributed by atoms with van der Waals surface area (Å²) < 4.78 is 114. The fourth-order valence-corrected chi connectivity index (χ4v) is 6.95. The fourth-order valence-electron chi connectivity index (χ4n) is 6.95. The van der Waals surface area contributed by atoms with E-state index in [0.29, 0.717) is 37.4 Å². The molecule has 4 aliphatic rings. The Kier molecular flexibility index (Phi) is 12.5. The van der Waals surface area contributed by atoms with Crippen LogP contribution in [0.4, 0.5) is 35.1 Å². The monoisotopic (exact) mass is 802 g/mol. The van der Waals surface area contributed by atoms with Crippen molar-refractivity contribution in [2.75, 3.05) is 52.5 Å². The molecule has 2 aromatic carbocycles. The van der Waals surface area contributed by atoms with Gasteiger partial charge in [-0.15, -0.1) is 0 Å². The Labute approximate surface area is 319 Å². The van der Waals surface area contributed by atoms with Crippen molar-refractivity contribution < 1.29 is 64.4 Å². The van der Waals surface area contributed by atoms with E-state index in [1.807, 2.05) is 38.1 Å². The van der Waals surface area contributed by atoms with Gasteiger partial charge in [0.1, 0.15) is 11.5 Å². The van der Waals surface area contributed by atoms with Crippen molar-refractivity contribution in [3.63, 3.8) is 0 Å². The molecule has 2 fully saturated rings.